The van der Waals surface area contributed by atoms with Gasteiger partial charge < -0.3 is 19.9 Å². The van der Waals surface area contributed by atoms with E-state index >= 15 is 0 Å². The molecule has 0 rings (SSSR count). The molecule has 0 saturated heterocycles. The van der Waals surface area contributed by atoms with Crippen LogP contribution >= 0.6 is 12.6 Å². The second-order valence-electron chi connectivity index (χ2n) is 6.77. The molecule has 21 heavy (non-hydrogen) atoms. The third-order valence-electron chi connectivity index (χ3n) is 3.21. The Labute approximate surface area is 136 Å². The topological polar surface area (TPSA) is 50.7 Å². The van der Waals surface area contributed by atoms with Gasteiger partial charge in [0.05, 0.1) is 18.2 Å². The molecule has 0 aliphatic carbocycles. The second-order valence-corrected chi connectivity index (χ2v) is 7.85. The first-order valence-electron chi connectivity index (χ1n) is 8.03. The molecule has 0 aromatic carbocycles. The number of hydrogen-bond donors (Lipinski definition) is 3. The predicted molar refractivity (Wildman–Crippen MR) is 91.8 cm³/mol. The number of hydrogen-bond acceptors (Lipinski definition) is 5. The van der Waals surface area contributed by atoms with Gasteiger partial charge in [-0.1, -0.05) is 26.2 Å². The number of nitrogens with one attached hydrogen (secondary N) is 1. The number of ether oxygens (including phenoxy) is 2. The van der Waals surface area contributed by atoms with Gasteiger partial charge in [0.1, 0.15) is 4.93 Å². The molecule has 2 unspecified atom stereocenters. The largest absolute Gasteiger partial charge is 0.366 e. The number of thiol groups is 1. The summed E-state index contributed by atoms with van der Waals surface area (Å²) in [7, 11) is 0. The van der Waals surface area contributed by atoms with Crippen LogP contribution in [0.5, 0.6) is 0 Å². The van der Waals surface area contributed by atoms with Crippen LogP contribution in [0.4, 0.5) is 0 Å². The number of aliphatic hydroxyl groups excluding tert-OH is 1. The molecule has 0 heterocycles. The van der Waals surface area contributed by atoms with Crippen LogP contribution < -0.4 is 5.32 Å². The number of aliphatic hydroxyl groups is 1. The highest BCUT2D eigenvalue weighted by molar-refractivity contribution is 7.81. The molecule has 0 bridgehead atoms. The third kappa shape index (κ3) is 11.4. The van der Waals surface area contributed by atoms with Crippen molar-refractivity contribution in [3.8, 4) is 0 Å². The quantitative estimate of drug-likeness (QED) is 0.293. The lowest BCUT2D eigenvalue weighted by Gasteiger charge is -2.33. The maximum atomic E-state index is 10.2. The van der Waals surface area contributed by atoms with Gasteiger partial charge in [-0.3, -0.25) is 0 Å². The minimum Gasteiger partial charge on any atom is -0.366 e. The van der Waals surface area contributed by atoms with E-state index in [4.69, 9.17) is 9.47 Å². The monoisotopic (exact) mass is 321 g/mol. The maximum absolute atomic E-state index is 10.2. The van der Waals surface area contributed by atoms with Gasteiger partial charge in [-0.15, -0.1) is 12.6 Å². The van der Waals surface area contributed by atoms with Crippen LogP contribution in [0, 0.1) is 0 Å². The van der Waals surface area contributed by atoms with Crippen molar-refractivity contribution < 1.29 is 14.6 Å². The van der Waals surface area contributed by atoms with E-state index in [0.29, 0.717) is 6.61 Å². The summed E-state index contributed by atoms with van der Waals surface area (Å²) >= 11 is 4.32. The van der Waals surface area contributed by atoms with Gasteiger partial charge in [-0.2, -0.15) is 0 Å². The second kappa shape index (κ2) is 10.1. The first kappa shape index (κ1) is 21.2. The summed E-state index contributed by atoms with van der Waals surface area (Å²) in [5, 5.41) is 13.5. The Bertz CT molecular complexity index is 267. The molecular weight excluding hydrogens is 286 g/mol. The lowest BCUT2D eigenvalue weighted by molar-refractivity contribution is -0.169. The standard InChI is InChI=1S/C16H35NO3S/c1-7-8-9-10-11-17-15(3,4)14(18)19-12-13(2)20-16(5,6)21/h13-14,17-18,21H,7-12H2,1-6H3. The average Bonchev–Trinajstić information content (AvgIpc) is 2.33. The molecule has 0 aliphatic rings. The fourth-order valence-electron chi connectivity index (χ4n) is 2.01. The fraction of sp³-hybridized carbons (Fsp3) is 1.00. The Morgan fingerprint density at radius 2 is 1.76 bits per heavy atom. The van der Waals surface area contributed by atoms with Gasteiger partial charge in [0.15, 0.2) is 6.29 Å². The van der Waals surface area contributed by atoms with E-state index < -0.39 is 16.8 Å². The Balaban J connectivity index is 3.98. The van der Waals surface area contributed by atoms with Crippen molar-refractivity contribution in [2.75, 3.05) is 13.2 Å². The van der Waals surface area contributed by atoms with Crippen LogP contribution in [0.25, 0.3) is 0 Å². The Hall–Kier alpha value is 0.190. The van der Waals surface area contributed by atoms with E-state index in [1.54, 1.807) is 0 Å². The Kier molecular flexibility index (Phi) is 10.1. The maximum Gasteiger partial charge on any atom is 0.172 e. The van der Waals surface area contributed by atoms with Crippen molar-refractivity contribution in [1.82, 2.24) is 5.32 Å². The van der Waals surface area contributed by atoms with Crippen molar-refractivity contribution in [2.24, 2.45) is 0 Å². The summed E-state index contributed by atoms with van der Waals surface area (Å²) in [5.41, 5.74) is -0.470. The minimum atomic E-state index is -0.863. The lowest BCUT2D eigenvalue weighted by Crippen LogP contribution is -2.51. The first-order valence-corrected chi connectivity index (χ1v) is 8.48. The normalized spacial score (nSPS) is 16.0. The van der Waals surface area contributed by atoms with E-state index in [0.717, 1.165) is 13.0 Å². The van der Waals surface area contributed by atoms with Crippen LogP contribution in [0.3, 0.4) is 0 Å². The highest BCUT2D eigenvalue weighted by Gasteiger charge is 2.28. The fourth-order valence-corrected chi connectivity index (χ4v) is 2.19. The first-order chi connectivity index (χ1) is 9.58. The Morgan fingerprint density at radius 1 is 1.14 bits per heavy atom. The van der Waals surface area contributed by atoms with Gasteiger partial charge >= 0.3 is 0 Å². The molecule has 4 nitrogen and oxygen atoms in total. The van der Waals surface area contributed by atoms with Crippen molar-refractivity contribution >= 4 is 12.6 Å². The SMILES string of the molecule is CCCCCCNC(C)(C)C(O)OCC(C)OC(C)(C)S. The molecule has 0 aromatic heterocycles. The van der Waals surface area contributed by atoms with Crippen molar-refractivity contribution in [3.63, 3.8) is 0 Å². The zero-order valence-corrected chi connectivity index (χ0v) is 15.5. The van der Waals surface area contributed by atoms with Crippen LogP contribution in [-0.2, 0) is 9.47 Å². The zero-order valence-electron chi connectivity index (χ0n) is 14.6. The molecule has 0 amide bonds. The van der Waals surface area contributed by atoms with Gasteiger partial charge in [0.25, 0.3) is 0 Å². The number of unbranched alkanes of at least 4 members (excludes halogenated alkanes) is 3. The van der Waals surface area contributed by atoms with Crippen LogP contribution in [0.15, 0.2) is 0 Å². The van der Waals surface area contributed by atoms with Crippen LogP contribution in [0.2, 0.25) is 0 Å². The minimum absolute atomic E-state index is 0.118. The van der Waals surface area contributed by atoms with Crippen LogP contribution in [-0.4, -0.2) is 41.1 Å². The molecule has 0 fully saturated rings. The molecule has 0 aromatic rings. The summed E-state index contributed by atoms with van der Waals surface area (Å²) in [6.07, 6.45) is 3.85. The molecule has 0 saturated carbocycles. The molecule has 0 radical (unpaired) electrons. The highest BCUT2D eigenvalue weighted by atomic mass is 32.1. The summed E-state index contributed by atoms with van der Waals surface area (Å²) < 4.78 is 11.2. The molecule has 0 aliphatic heterocycles. The molecule has 2 atom stereocenters. The van der Waals surface area contributed by atoms with Crippen molar-refractivity contribution in [3.05, 3.63) is 0 Å². The van der Waals surface area contributed by atoms with Crippen molar-refractivity contribution in [2.45, 2.75) is 90.1 Å². The molecule has 2 N–H and O–H groups in total. The average molecular weight is 322 g/mol. The summed E-state index contributed by atoms with van der Waals surface area (Å²) in [5.74, 6) is 0. The predicted octanol–water partition coefficient (Wildman–Crippen LogP) is 3.34. The van der Waals surface area contributed by atoms with E-state index in [1.807, 2.05) is 34.6 Å². The molecule has 5 heteroatoms. The highest BCUT2D eigenvalue weighted by Crippen LogP contribution is 2.17. The molecule has 0 spiro atoms. The Morgan fingerprint density at radius 3 is 2.29 bits per heavy atom. The molecular formula is C16H35NO3S. The van der Waals surface area contributed by atoms with Gasteiger partial charge in [-0.25, -0.2) is 0 Å². The van der Waals surface area contributed by atoms with Gasteiger partial charge in [0, 0.05) is 0 Å². The van der Waals surface area contributed by atoms with E-state index in [9.17, 15) is 5.11 Å². The van der Waals surface area contributed by atoms with E-state index in [-0.39, 0.29) is 6.10 Å². The molecule has 128 valence electrons. The zero-order chi connectivity index (χ0) is 16.5. The summed E-state index contributed by atoms with van der Waals surface area (Å²) in [6, 6.07) is 0. The van der Waals surface area contributed by atoms with E-state index in [2.05, 4.69) is 24.9 Å². The number of rotatable bonds is 12. The third-order valence-corrected chi connectivity index (χ3v) is 3.31. The van der Waals surface area contributed by atoms with Gasteiger partial charge in [-0.05, 0) is 47.6 Å². The van der Waals surface area contributed by atoms with Gasteiger partial charge in [0.2, 0.25) is 0 Å². The smallest absolute Gasteiger partial charge is 0.172 e. The van der Waals surface area contributed by atoms with Crippen LogP contribution in [0.1, 0.15) is 67.2 Å². The van der Waals surface area contributed by atoms with E-state index in [1.165, 1.54) is 19.3 Å². The van der Waals surface area contributed by atoms with Crippen molar-refractivity contribution in [1.29, 1.82) is 0 Å². The lowest BCUT2D eigenvalue weighted by atomic mass is 10.0. The summed E-state index contributed by atoms with van der Waals surface area (Å²) in [6.45, 7) is 13.0. The summed E-state index contributed by atoms with van der Waals surface area (Å²) in [4.78, 5) is -0.499.